The number of nitrogens with zero attached hydrogens (tertiary/aromatic N) is 4. The van der Waals surface area contributed by atoms with Gasteiger partial charge < -0.3 is 16.2 Å². The molecule has 0 aliphatic rings. The van der Waals surface area contributed by atoms with Gasteiger partial charge >= 0.3 is 6.18 Å². The third-order valence-electron chi connectivity index (χ3n) is 4.72. The van der Waals surface area contributed by atoms with E-state index in [9.17, 15) is 36.2 Å². The van der Waals surface area contributed by atoms with Crippen LogP contribution in [0.3, 0.4) is 0 Å². The Morgan fingerprint density at radius 1 is 1.06 bits per heavy atom. The number of hydrogen-bond donors (Lipinski definition) is 3. The van der Waals surface area contributed by atoms with Crippen LogP contribution in [0.1, 0.15) is 17.2 Å². The fraction of sp³-hybridized carbons (Fsp3) is 0.100. The maximum Gasteiger partial charge on any atom is 0.416 e. The lowest BCUT2D eigenvalue weighted by atomic mass is 10.0. The minimum Gasteiger partial charge on any atom is -0.382 e. The summed E-state index contributed by atoms with van der Waals surface area (Å²) >= 11 is 0. The van der Waals surface area contributed by atoms with Crippen molar-refractivity contribution in [2.75, 3.05) is 11.1 Å². The second-order valence-electron chi connectivity index (χ2n) is 7.00. The first-order valence-corrected chi connectivity index (χ1v) is 9.26. The molecule has 2 heterocycles. The van der Waals surface area contributed by atoms with Gasteiger partial charge in [-0.15, -0.1) is 0 Å². The van der Waals surface area contributed by atoms with Crippen molar-refractivity contribution in [3.8, 4) is 5.69 Å². The van der Waals surface area contributed by atoms with E-state index in [2.05, 4.69) is 15.1 Å². The van der Waals surface area contributed by atoms with Crippen molar-refractivity contribution in [2.45, 2.75) is 12.3 Å². The van der Waals surface area contributed by atoms with E-state index >= 15 is 0 Å². The number of halogens is 6. The number of hydrogen-bond acceptors (Lipinski definition) is 6. The highest BCUT2D eigenvalue weighted by Crippen LogP contribution is 2.32. The number of aromatic nitrogens is 4. The predicted molar refractivity (Wildman–Crippen MR) is 106 cm³/mol. The summed E-state index contributed by atoms with van der Waals surface area (Å²) in [6.07, 6.45) is -4.86. The van der Waals surface area contributed by atoms with Crippen LogP contribution in [0.2, 0.25) is 0 Å². The highest BCUT2D eigenvalue weighted by molar-refractivity contribution is 5.95. The zero-order valence-corrected chi connectivity index (χ0v) is 16.6. The Bertz CT molecular complexity index is 1420. The molecule has 176 valence electrons. The molecule has 8 nitrogen and oxygen atoms in total. The number of anilines is 2. The molecular formula is C20H12F6N6O2. The van der Waals surface area contributed by atoms with Gasteiger partial charge in [-0.05, 0) is 23.8 Å². The molecule has 0 saturated heterocycles. The molecule has 0 aliphatic heterocycles. The van der Waals surface area contributed by atoms with Crippen molar-refractivity contribution < 1.29 is 36.2 Å². The fourth-order valence-corrected chi connectivity index (χ4v) is 3.15. The smallest absolute Gasteiger partial charge is 0.382 e. The third-order valence-corrected chi connectivity index (χ3v) is 4.72. The van der Waals surface area contributed by atoms with E-state index in [-0.39, 0.29) is 22.9 Å². The summed E-state index contributed by atoms with van der Waals surface area (Å²) in [5.41, 5.74) is 2.78. The van der Waals surface area contributed by atoms with Crippen molar-refractivity contribution >= 4 is 28.4 Å². The van der Waals surface area contributed by atoms with Gasteiger partial charge in [-0.25, -0.2) is 27.8 Å². The summed E-state index contributed by atoms with van der Waals surface area (Å²) in [4.78, 5) is 19.9. The molecule has 14 heteroatoms. The third kappa shape index (κ3) is 4.22. The van der Waals surface area contributed by atoms with E-state index < -0.39 is 58.1 Å². The minimum atomic E-state index is -4.94. The van der Waals surface area contributed by atoms with Gasteiger partial charge in [0.05, 0.1) is 17.4 Å². The van der Waals surface area contributed by atoms with E-state index in [1.807, 2.05) is 5.32 Å². The molecule has 0 radical (unpaired) electrons. The Hall–Kier alpha value is -4.20. The summed E-state index contributed by atoms with van der Waals surface area (Å²) < 4.78 is 82.5. The summed E-state index contributed by atoms with van der Waals surface area (Å²) in [7, 11) is 0. The zero-order chi connectivity index (χ0) is 24.8. The molecule has 2 aromatic carbocycles. The molecular weight excluding hydrogens is 470 g/mol. The standard InChI is InChI=1S/C20H12F6N6O2/c21-10-2-8(1-9(3-10)20(24,25)26)17(33)19(34)31-13-4-12(23)15(5-11(13)22)32-16-14(6-30-32)28-7-29-18(16)27/h1-7,17,33H,(H,31,34)(H2,27,28,29). The molecule has 0 spiro atoms. The van der Waals surface area contributed by atoms with Crippen LogP contribution in [0.4, 0.5) is 37.8 Å². The molecule has 4 rings (SSSR count). The van der Waals surface area contributed by atoms with E-state index in [1.165, 1.54) is 6.20 Å². The van der Waals surface area contributed by atoms with Crippen molar-refractivity contribution in [1.29, 1.82) is 0 Å². The van der Waals surface area contributed by atoms with Gasteiger partial charge in [-0.1, -0.05) is 0 Å². The number of rotatable bonds is 4. The second kappa shape index (κ2) is 8.30. The van der Waals surface area contributed by atoms with Gasteiger partial charge in [0, 0.05) is 12.1 Å². The number of fused-ring (bicyclic) bond motifs is 1. The Balaban J connectivity index is 1.63. The highest BCUT2D eigenvalue weighted by atomic mass is 19.4. The molecule has 2 aromatic heterocycles. The lowest BCUT2D eigenvalue weighted by Gasteiger charge is -2.15. The average molecular weight is 482 g/mol. The summed E-state index contributed by atoms with van der Waals surface area (Å²) in [5, 5.41) is 15.8. The average Bonchev–Trinajstić information content (AvgIpc) is 3.19. The number of nitrogen functional groups attached to an aromatic ring is 1. The van der Waals surface area contributed by atoms with Crippen LogP contribution < -0.4 is 11.1 Å². The topological polar surface area (TPSA) is 119 Å². The first-order chi connectivity index (χ1) is 16.0. The first-order valence-electron chi connectivity index (χ1n) is 9.26. The number of nitrogens with one attached hydrogen (secondary N) is 1. The Morgan fingerprint density at radius 2 is 1.79 bits per heavy atom. The van der Waals surface area contributed by atoms with Crippen LogP contribution in [0, 0.1) is 17.5 Å². The van der Waals surface area contributed by atoms with Crippen molar-refractivity contribution in [1.82, 2.24) is 19.7 Å². The molecule has 0 aliphatic carbocycles. The lowest BCUT2D eigenvalue weighted by molar-refractivity contribution is -0.138. The highest BCUT2D eigenvalue weighted by Gasteiger charge is 2.33. The fourth-order valence-electron chi connectivity index (χ4n) is 3.15. The summed E-state index contributed by atoms with van der Waals surface area (Å²) in [6.45, 7) is 0. The van der Waals surface area contributed by atoms with Crippen molar-refractivity contribution in [3.05, 3.63) is 71.4 Å². The quantitative estimate of drug-likeness (QED) is 0.383. The predicted octanol–water partition coefficient (Wildman–Crippen LogP) is 3.51. The number of aliphatic hydroxyl groups is 1. The van der Waals surface area contributed by atoms with E-state index in [0.29, 0.717) is 24.3 Å². The number of alkyl halides is 3. The second-order valence-corrected chi connectivity index (χ2v) is 7.00. The SMILES string of the molecule is Nc1ncnc2cnn(-c3cc(F)c(NC(=O)C(O)c4cc(F)cc(C(F)(F)F)c4)cc3F)c12. The van der Waals surface area contributed by atoms with Crippen LogP contribution in [-0.4, -0.2) is 30.8 Å². The largest absolute Gasteiger partial charge is 0.416 e. The molecule has 34 heavy (non-hydrogen) atoms. The Kier molecular flexibility index (Phi) is 5.61. The van der Waals surface area contributed by atoms with Crippen LogP contribution in [0.15, 0.2) is 42.9 Å². The van der Waals surface area contributed by atoms with E-state index in [0.717, 1.165) is 11.0 Å². The number of carbonyl (C=O) groups is 1. The summed E-state index contributed by atoms with van der Waals surface area (Å²) in [5.74, 6) is -5.09. The van der Waals surface area contributed by atoms with Gasteiger partial charge in [0.15, 0.2) is 17.7 Å². The van der Waals surface area contributed by atoms with Gasteiger partial charge in [0.1, 0.15) is 34.7 Å². The molecule has 0 fully saturated rings. The monoisotopic (exact) mass is 482 g/mol. The molecule has 4 aromatic rings. The Labute approximate surface area is 185 Å². The number of aliphatic hydroxyl groups excluding tert-OH is 1. The zero-order valence-electron chi connectivity index (χ0n) is 16.6. The molecule has 0 saturated carbocycles. The number of amides is 1. The van der Waals surface area contributed by atoms with Gasteiger partial charge in [0.2, 0.25) is 0 Å². The Morgan fingerprint density at radius 3 is 2.50 bits per heavy atom. The maximum absolute atomic E-state index is 14.8. The normalized spacial score (nSPS) is 12.7. The van der Waals surface area contributed by atoms with E-state index in [4.69, 9.17) is 5.73 Å². The maximum atomic E-state index is 14.8. The van der Waals surface area contributed by atoms with Gasteiger partial charge in [-0.2, -0.15) is 18.3 Å². The number of benzene rings is 2. The van der Waals surface area contributed by atoms with Crippen molar-refractivity contribution in [2.24, 2.45) is 0 Å². The molecule has 1 unspecified atom stereocenters. The van der Waals surface area contributed by atoms with Crippen LogP contribution in [0.25, 0.3) is 16.7 Å². The molecule has 1 amide bonds. The first kappa shape index (κ1) is 23.0. The molecule has 1 atom stereocenters. The van der Waals surface area contributed by atoms with Crippen LogP contribution in [0.5, 0.6) is 0 Å². The molecule has 4 N–H and O–H groups in total. The lowest BCUT2D eigenvalue weighted by Crippen LogP contribution is -2.22. The van der Waals surface area contributed by atoms with Crippen molar-refractivity contribution in [3.63, 3.8) is 0 Å². The summed E-state index contributed by atoms with van der Waals surface area (Å²) in [6, 6.07) is 2.28. The van der Waals surface area contributed by atoms with Gasteiger partial charge in [-0.3, -0.25) is 4.79 Å². The van der Waals surface area contributed by atoms with Crippen LogP contribution in [-0.2, 0) is 11.0 Å². The number of nitrogens with two attached hydrogens (primary N) is 1. The van der Waals surface area contributed by atoms with Crippen LogP contribution >= 0.6 is 0 Å². The van der Waals surface area contributed by atoms with E-state index in [1.54, 1.807) is 0 Å². The minimum absolute atomic E-state index is 0.0591. The van der Waals surface area contributed by atoms with Gasteiger partial charge in [0.25, 0.3) is 5.91 Å². The number of carbonyl (C=O) groups excluding carboxylic acids is 1. The molecule has 0 bridgehead atoms.